The molecule has 0 spiro atoms. The maximum absolute atomic E-state index is 11.9. The van der Waals surface area contributed by atoms with Gasteiger partial charge in [0.2, 0.25) is 0 Å². The number of rotatable bonds is 9. The Hall–Kier alpha value is -0.740. The van der Waals surface area contributed by atoms with Crippen LogP contribution in [0.4, 0.5) is 0 Å². The molecule has 4 aliphatic heterocycles. The van der Waals surface area contributed by atoms with Gasteiger partial charge in [-0.05, 0) is 25.7 Å². The second kappa shape index (κ2) is 8.18. The fourth-order valence-electron chi connectivity index (χ4n) is 7.35. The topological polar surface area (TPSA) is 34.1 Å². The first-order chi connectivity index (χ1) is 13.4. The van der Waals surface area contributed by atoms with Gasteiger partial charge >= 0.3 is 0 Å². The number of ketones is 2. The zero-order valence-corrected chi connectivity index (χ0v) is 18.3. The van der Waals surface area contributed by atoms with E-state index in [1.54, 1.807) is 0 Å². The Kier molecular flexibility index (Phi) is 6.00. The molecule has 4 aliphatic rings. The number of carbonyl (C=O) groups is 2. The van der Waals surface area contributed by atoms with Crippen LogP contribution in [0, 0.1) is 0 Å². The predicted molar refractivity (Wildman–Crippen MR) is 112 cm³/mol. The van der Waals surface area contributed by atoms with Crippen LogP contribution in [0.15, 0.2) is 0 Å². The van der Waals surface area contributed by atoms with Gasteiger partial charge in [-0.25, -0.2) is 0 Å². The van der Waals surface area contributed by atoms with Crippen molar-refractivity contribution in [2.24, 2.45) is 0 Å². The molecule has 0 aromatic rings. The zero-order valence-electron chi connectivity index (χ0n) is 18.3. The van der Waals surface area contributed by atoms with E-state index in [0.717, 1.165) is 25.7 Å². The van der Waals surface area contributed by atoms with Gasteiger partial charge in [0.1, 0.15) is 11.6 Å². The molecule has 0 N–H and O–H groups in total. The highest BCUT2D eigenvalue weighted by molar-refractivity contribution is 5.80. The fraction of sp³-hybridized carbons (Fsp3) is 0.917. The van der Waals surface area contributed by atoms with Crippen LogP contribution in [0.25, 0.3) is 0 Å². The summed E-state index contributed by atoms with van der Waals surface area (Å²) in [6.07, 6.45) is 16.6. The first-order valence-corrected chi connectivity index (χ1v) is 12.1. The van der Waals surface area contributed by atoms with Crippen LogP contribution in [0.1, 0.15) is 89.9 Å². The van der Waals surface area contributed by atoms with Crippen LogP contribution in [-0.2, 0) is 9.59 Å². The van der Waals surface area contributed by atoms with Crippen LogP contribution < -0.4 is 0 Å². The van der Waals surface area contributed by atoms with Gasteiger partial charge in [-0.2, -0.15) is 0 Å². The predicted octanol–water partition coefficient (Wildman–Crippen LogP) is 4.01. The molecular formula is C24H42N2O2+2. The van der Waals surface area contributed by atoms with Gasteiger partial charge in [-0.1, -0.05) is 12.8 Å². The third-order valence-electron chi connectivity index (χ3n) is 9.39. The smallest absolute Gasteiger partial charge is 0.144 e. The first kappa shape index (κ1) is 20.5. The summed E-state index contributed by atoms with van der Waals surface area (Å²) in [4.78, 5) is 23.7. The van der Waals surface area contributed by atoms with E-state index in [1.807, 2.05) is 0 Å². The molecule has 4 rings (SSSR count). The standard InChI is InChI=1S/C24H42N2O2/c1-25(19-9-10-20(25)16-23(27)15-19)13-7-5-3-4-6-8-14-26(2)21-11-12-22(26)18-24(28)17-21/h19-22H,3-18H2,1-2H3/q+2/t19-,20+,21-,22+,25?,26?. The van der Waals surface area contributed by atoms with Crippen LogP contribution in [0.2, 0.25) is 0 Å². The summed E-state index contributed by atoms with van der Waals surface area (Å²) in [6, 6.07) is 2.51. The van der Waals surface area contributed by atoms with E-state index >= 15 is 0 Å². The number of piperidine rings is 2. The van der Waals surface area contributed by atoms with Gasteiger partial charge in [0, 0.05) is 25.7 Å². The lowest BCUT2D eigenvalue weighted by molar-refractivity contribution is -0.945. The van der Waals surface area contributed by atoms with Crippen molar-refractivity contribution in [3.63, 3.8) is 0 Å². The van der Waals surface area contributed by atoms with Crippen LogP contribution in [-0.4, -0.2) is 71.9 Å². The van der Waals surface area contributed by atoms with Gasteiger partial charge in [0.25, 0.3) is 0 Å². The van der Waals surface area contributed by atoms with Gasteiger partial charge in [-0.3, -0.25) is 9.59 Å². The molecule has 0 aromatic carbocycles. The lowest BCUT2D eigenvalue weighted by Crippen LogP contribution is -2.58. The molecule has 6 atom stereocenters. The minimum atomic E-state index is 0.519. The molecule has 2 unspecified atom stereocenters. The summed E-state index contributed by atoms with van der Waals surface area (Å²) in [7, 11) is 4.85. The minimum Gasteiger partial charge on any atom is -0.320 e. The molecule has 4 nitrogen and oxygen atoms in total. The number of fused-ring (bicyclic) bond motifs is 4. The summed E-state index contributed by atoms with van der Waals surface area (Å²) < 4.78 is 2.39. The van der Waals surface area contributed by atoms with Crippen LogP contribution >= 0.6 is 0 Å². The lowest BCUT2D eigenvalue weighted by Gasteiger charge is -2.44. The zero-order chi connectivity index (χ0) is 19.8. The molecule has 0 saturated carbocycles. The van der Waals surface area contributed by atoms with E-state index in [0.29, 0.717) is 35.7 Å². The summed E-state index contributed by atoms with van der Waals surface area (Å²) in [5, 5.41) is 0. The Morgan fingerprint density at radius 3 is 1.18 bits per heavy atom. The maximum atomic E-state index is 11.9. The molecule has 28 heavy (non-hydrogen) atoms. The van der Waals surface area contributed by atoms with Crippen LogP contribution in [0.5, 0.6) is 0 Å². The summed E-state index contributed by atoms with van der Waals surface area (Å²) >= 11 is 0. The molecule has 4 heterocycles. The number of quaternary nitrogens is 2. The highest BCUT2D eigenvalue weighted by atomic mass is 16.1. The molecular weight excluding hydrogens is 348 g/mol. The number of Topliss-reactive ketones (excluding diaryl/α,β-unsaturated/α-hetero) is 2. The average Bonchev–Trinajstić information content (AvgIpc) is 2.92. The molecule has 0 radical (unpaired) electrons. The largest absolute Gasteiger partial charge is 0.320 e. The average molecular weight is 391 g/mol. The van der Waals surface area contributed by atoms with Crippen molar-refractivity contribution in [1.82, 2.24) is 0 Å². The normalized spacial score (nSPS) is 42.4. The third-order valence-corrected chi connectivity index (χ3v) is 9.39. The number of carbonyl (C=O) groups excluding carboxylic acids is 2. The van der Waals surface area contributed by atoms with Crippen molar-refractivity contribution < 1.29 is 18.6 Å². The second-order valence-electron chi connectivity index (χ2n) is 10.9. The van der Waals surface area contributed by atoms with E-state index in [1.165, 1.54) is 86.3 Å². The number of hydrogen-bond donors (Lipinski definition) is 0. The number of hydrogen-bond acceptors (Lipinski definition) is 2. The van der Waals surface area contributed by atoms with E-state index < -0.39 is 0 Å². The molecule has 4 saturated heterocycles. The Morgan fingerprint density at radius 1 is 0.571 bits per heavy atom. The van der Waals surface area contributed by atoms with Crippen LogP contribution in [0.3, 0.4) is 0 Å². The van der Waals surface area contributed by atoms with Gasteiger partial charge in [0.05, 0.1) is 77.0 Å². The van der Waals surface area contributed by atoms with Crippen molar-refractivity contribution in [1.29, 1.82) is 0 Å². The van der Waals surface area contributed by atoms with Gasteiger partial charge in [0.15, 0.2) is 0 Å². The monoisotopic (exact) mass is 390 g/mol. The van der Waals surface area contributed by atoms with E-state index in [9.17, 15) is 9.59 Å². The van der Waals surface area contributed by atoms with Gasteiger partial charge < -0.3 is 8.97 Å². The second-order valence-corrected chi connectivity index (χ2v) is 10.9. The van der Waals surface area contributed by atoms with Gasteiger partial charge in [-0.15, -0.1) is 0 Å². The van der Waals surface area contributed by atoms with E-state index in [2.05, 4.69) is 14.1 Å². The van der Waals surface area contributed by atoms with Crippen molar-refractivity contribution in [2.45, 2.75) is 114 Å². The van der Waals surface area contributed by atoms with Crippen molar-refractivity contribution in [2.75, 3.05) is 27.2 Å². The minimum absolute atomic E-state index is 0.519. The van der Waals surface area contributed by atoms with Crippen molar-refractivity contribution in [3.8, 4) is 0 Å². The Morgan fingerprint density at radius 2 is 0.857 bits per heavy atom. The maximum Gasteiger partial charge on any atom is 0.144 e. The summed E-state index contributed by atoms with van der Waals surface area (Å²) in [5.41, 5.74) is 0. The van der Waals surface area contributed by atoms with Crippen molar-refractivity contribution in [3.05, 3.63) is 0 Å². The summed E-state index contributed by atoms with van der Waals surface area (Å²) in [6.45, 7) is 2.57. The molecule has 4 fully saturated rings. The Bertz CT molecular complexity index is 517. The third kappa shape index (κ3) is 3.84. The SMILES string of the molecule is C[N+]1(CCCCCCCC[N+]2(C)[C@@H]3CC[C@H]2CC(=O)C3)[C@@H]2CC[C@H]1CC(=O)C2. The molecule has 0 aliphatic carbocycles. The highest BCUT2D eigenvalue weighted by Gasteiger charge is 2.51. The number of nitrogens with zero attached hydrogens (tertiary/aromatic N) is 2. The Balaban J connectivity index is 1.10. The summed E-state index contributed by atoms with van der Waals surface area (Å²) in [5.74, 6) is 1.04. The molecule has 4 heteroatoms. The quantitative estimate of drug-likeness (QED) is 0.440. The van der Waals surface area contributed by atoms with E-state index in [-0.39, 0.29) is 0 Å². The fourth-order valence-corrected chi connectivity index (χ4v) is 7.35. The Labute approximate surface area is 171 Å². The number of unbranched alkanes of at least 4 members (excludes halogenated alkanes) is 5. The van der Waals surface area contributed by atoms with E-state index in [4.69, 9.17) is 0 Å². The highest BCUT2D eigenvalue weighted by Crippen LogP contribution is 2.41. The first-order valence-electron chi connectivity index (χ1n) is 12.1. The lowest BCUT2D eigenvalue weighted by atomic mass is 9.97. The molecule has 158 valence electrons. The molecule has 0 amide bonds. The molecule has 0 aromatic heterocycles. The molecule has 4 bridgehead atoms. The van der Waals surface area contributed by atoms with Crippen molar-refractivity contribution >= 4 is 11.6 Å².